The van der Waals surface area contributed by atoms with Crippen molar-refractivity contribution in [3.05, 3.63) is 29.3 Å². The second-order valence-corrected chi connectivity index (χ2v) is 8.91. The van der Waals surface area contributed by atoms with E-state index < -0.39 is 10.0 Å². The molecular weight excluding hydrogens is 324 g/mol. The Bertz CT molecular complexity index is 698. The second kappa shape index (κ2) is 7.66. The molecule has 0 N–H and O–H groups in total. The largest absolute Gasteiger partial charge is 0.341 e. The van der Waals surface area contributed by atoms with E-state index in [1.807, 2.05) is 39.8 Å². The summed E-state index contributed by atoms with van der Waals surface area (Å²) in [6.07, 6.45) is 1.19. The summed E-state index contributed by atoms with van der Waals surface area (Å²) in [6, 6.07) is 5.41. The predicted molar refractivity (Wildman–Crippen MR) is 95.3 cm³/mol. The molecule has 2 rings (SSSR count). The van der Waals surface area contributed by atoms with Crippen LogP contribution in [0.2, 0.25) is 0 Å². The predicted octanol–water partition coefficient (Wildman–Crippen LogP) is 2.57. The van der Waals surface area contributed by atoms with Gasteiger partial charge in [0.15, 0.2) is 0 Å². The fourth-order valence-corrected chi connectivity index (χ4v) is 4.77. The Morgan fingerprint density at radius 3 is 2.46 bits per heavy atom. The van der Waals surface area contributed by atoms with Gasteiger partial charge in [-0.2, -0.15) is 4.31 Å². The van der Waals surface area contributed by atoms with Gasteiger partial charge in [0.2, 0.25) is 15.9 Å². The summed E-state index contributed by atoms with van der Waals surface area (Å²) in [5.74, 6) is 0.437. The van der Waals surface area contributed by atoms with Crippen LogP contribution in [0.5, 0.6) is 0 Å². The monoisotopic (exact) mass is 352 g/mol. The van der Waals surface area contributed by atoms with Crippen LogP contribution >= 0.6 is 0 Å². The maximum absolute atomic E-state index is 12.9. The molecule has 1 amide bonds. The van der Waals surface area contributed by atoms with Gasteiger partial charge >= 0.3 is 0 Å². The highest BCUT2D eigenvalue weighted by Gasteiger charge is 2.29. The molecule has 1 aliphatic heterocycles. The molecule has 0 aliphatic carbocycles. The van der Waals surface area contributed by atoms with Crippen molar-refractivity contribution in [3.63, 3.8) is 0 Å². The number of benzene rings is 1. The van der Waals surface area contributed by atoms with E-state index >= 15 is 0 Å². The van der Waals surface area contributed by atoms with E-state index in [2.05, 4.69) is 0 Å². The zero-order chi connectivity index (χ0) is 17.9. The van der Waals surface area contributed by atoms with E-state index in [1.54, 1.807) is 11.0 Å². The molecule has 1 fully saturated rings. The van der Waals surface area contributed by atoms with Crippen LogP contribution in [-0.2, 0) is 14.8 Å². The first-order chi connectivity index (χ1) is 11.2. The van der Waals surface area contributed by atoms with Crippen LogP contribution in [0.4, 0.5) is 0 Å². The molecule has 24 heavy (non-hydrogen) atoms. The summed E-state index contributed by atoms with van der Waals surface area (Å²) in [5.41, 5.74) is 1.82. The first kappa shape index (κ1) is 18.9. The second-order valence-electron chi connectivity index (χ2n) is 7.01. The van der Waals surface area contributed by atoms with Gasteiger partial charge in [-0.15, -0.1) is 0 Å². The fraction of sp³-hybridized carbons (Fsp3) is 0.611. The molecule has 0 saturated carbocycles. The SMILES string of the molecule is Cc1ccc(S(=O)(=O)N2CCCN(C(=O)CC(C)C)CC2)c(C)c1. The van der Waals surface area contributed by atoms with Crippen molar-refractivity contribution < 1.29 is 13.2 Å². The van der Waals surface area contributed by atoms with Gasteiger partial charge in [-0.1, -0.05) is 31.5 Å². The average Bonchev–Trinajstić information content (AvgIpc) is 2.72. The summed E-state index contributed by atoms with van der Waals surface area (Å²) in [6.45, 7) is 9.74. The lowest BCUT2D eigenvalue weighted by molar-refractivity contribution is -0.131. The first-order valence-electron chi connectivity index (χ1n) is 8.57. The Hall–Kier alpha value is -1.40. The number of carbonyl (C=O) groups is 1. The van der Waals surface area contributed by atoms with Gasteiger partial charge < -0.3 is 4.90 Å². The molecule has 1 aromatic carbocycles. The van der Waals surface area contributed by atoms with E-state index in [4.69, 9.17) is 0 Å². The van der Waals surface area contributed by atoms with Crippen LogP contribution in [0, 0.1) is 19.8 Å². The van der Waals surface area contributed by atoms with Crippen LogP contribution in [0.25, 0.3) is 0 Å². The molecule has 0 spiro atoms. The van der Waals surface area contributed by atoms with Crippen molar-refractivity contribution >= 4 is 15.9 Å². The standard InChI is InChI=1S/C18H28N2O3S/c1-14(2)12-18(21)19-8-5-9-20(11-10-19)24(22,23)17-7-6-15(3)13-16(17)4/h6-7,13-14H,5,8-12H2,1-4H3. The maximum atomic E-state index is 12.9. The zero-order valence-electron chi connectivity index (χ0n) is 15.1. The molecular formula is C18H28N2O3S. The molecule has 0 bridgehead atoms. The van der Waals surface area contributed by atoms with Gasteiger partial charge in [0.05, 0.1) is 4.90 Å². The normalized spacial score (nSPS) is 17.1. The van der Waals surface area contributed by atoms with E-state index in [0.717, 1.165) is 11.1 Å². The summed E-state index contributed by atoms with van der Waals surface area (Å²) in [4.78, 5) is 14.4. The topological polar surface area (TPSA) is 57.7 Å². The van der Waals surface area contributed by atoms with Gasteiger partial charge in [-0.25, -0.2) is 8.42 Å². The van der Waals surface area contributed by atoms with Gasteiger partial charge in [-0.05, 0) is 37.8 Å². The Kier molecular flexibility index (Phi) is 6.04. The average molecular weight is 353 g/mol. The highest BCUT2D eigenvalue weighted by atomic mass is 32.2. The lowest BCUT2D eigenvalue weighted by Gasteiger charge is -2.23. The Labute approximate surface area is 145 Å². The van der Waals surface area contributed by atoms with Crippen molar-refractivity contribution in [2.24, 2.45) is 5.92 Å². The zero-order valence-corrected chi connectivity index (χ0v) is 15.9. The highest BCUT2D eigenvalue weighted by Crippen LogP contribution is 2.22. The number of rotatable bonds is 4. The minimum atomic E-state index is -3.51. The molecule has 0 atom stereocenters. The Morgan fingerprint density at radius 2 is 1.83 bits per heavy atom. The molecule has 0 radical (unpaired) electrons. The molecule has 1 heterocycles. The summed E-state index contributed by atoms with van der Waals surface area (Å²) >= 11 is 0. The lowest BCUT2D eigenvalue weighted by atomic mass is 10.1. The van der Waals surface area contributed by atoms with Gasteiger partial charge in [0, 0.05) is 32.6 Å². The summed E-state index contributed by atoms with van der Waals surface area (Å²) in [7, 11) is -3.51. The molecule has 1 aromatic rings. The number of hydrogen-bond donors (Lipinski definition) is 0. The van der Waals surface area contributed by atoms with E-state index in [1.165, 1.54) is 4.31 Å². The van der Waals surface area contributed by atoms with Crippen molar-refractivity contribution in [1.29, 1.82) is 0 Å². The van der Waals surface area contributed by atoms with Crippen molar-refractivity contribution in [1.82, 2.24) is 9.21 Å². The number of amides is 1. The summed E-state index contributed by atoms with van der Waals surface area (Å²) < 4.78 is 27.4. The summed E-state index contributed by atoms with van der Waals surface area (Å²) in [5, 5.41) is 0. The fourth-order valence-electron chi connectivity index (χ4n) is 3.09. The van der Waals surface area contributed by atoms with Gasteiger partial charge in [-0.3, -0.25) is 4.79 Å². The van der Waals surface area contributed by atoms with Crippen LogP contribution in [0.1, 0.15) is 37.8 Å². The van der Waals surface area contributed by atoms with Crippen molar-refractivity contribution in [2.45, 2.75) is 45.4 Å². The molecule has 0 unspecified atom stereocenters. The third-order valence-corrected chi connectivity index (χ3v) is 6.40. The number of aryl methyl sites for hydroxylation is 2. The Balaban J connectivity index is 2.14. The maximum Gasteiger partial charge on any atom is 0.243 e. The molecule has 6 heteroatoms. The minimum Gasteiger partial charge on any atom is -0.341 e. The van der Waals surface area contributed by atoms with Crippen molar-refractivity contribution in [2.75, 3.05) is 26.2 Å². The third kappa shape index (κ3) is 4.36. The van der Waals surface area contributed by atoms with Gasteiger partial charge in [0.25, 0.3) is 0 Å². The molecule has 0 aromatic heterocycles. The van der Waals surface area contributed by atoms with Crippen LogP contribution in [-0.4, -0.2) is 49.7 Å². The van der Waals surface area contributed by atoms with Crippen molar-refractivity contribution in [3.8, 4) is 0 Å². The quantitative estimate of drug-likeness (QED) is 0.837. The van der Waals surface area contributed by atoms with E-state index in [-0.39, 0.29) is 5.91 Å². The molecule has 5 nitrogen and oxygen atoms in total. The smallest absolute Gasteiger partial charge is 0.243 e. The third-order valence-electron chi connectivity index (χ3n) is 4.34. The molecule has 1 aliphatic rings. The van der Waals surface area contributed by atoms with Gasteiger partial charge in [0.1, 0.15) is 0 Å². The number of hydrogen-bond acceptors (Lipinski definition) is 3. The molecule has 134 valence electrons. The van der Waals surface area contributed by atoms with Crippen LogP contribution in [0.3, 0.4) is 0 Å². The van der Waals surface area contributed by atoms with Crippen LogP contribution in [0.15, 0.2) is 23.1 Å². The molecule has 1 saturated heterocycles. The van der Waals surface area contributed by atoms with E-state index in [9.17, 15) is 13.2 Å². The van der Waals surface area contributed by atoms with E-state index in [0.29, 0.717) is 49.8 Å². The first-order valence-corrected chi connectivity index (χ1v) is 10.0. The Morgan fingerprint density at radius 1 is 1.12 bits per heavy atom. The number of nitrogens with zero attached hydrogens (tertiary/aromatic N) is 2. The minimum absolute atomic E-state index is 0.121. The number of carbonyl (C=O) groups excluding carboxylic acids is 1. The highest BCUT2D eigenvalue weighted by molar-refractivity contribution is 7.89. The lowest BCUT2D eigenvalue weighted by Crippen LogP contribution is -2.37. The number of sulfonamides is 1. The van der Waals surface area contributed by atoms with Crippen LogP contribution < -0.4 is 0 Å².